The Morgan fingerprint density at radius 2 is 2.33 bits per heavy atom. The Hall–Kier alpha value is -1.04. The molecule has 0 saturated heterocycles. The summed E-state index contributed by atoms with van der Waals surface area (Å²) < 4.78 is 1.03. The number of aliphatic hydroxyl groups is 1. The lowest BCUT2D eigenvalue weighted by molar-refractivity contribution is 0.215. The molecule has 0 aromatic heterocycles. The van der Waals surface area contributed by atoms with Crippen molar-refractivity contribution in [3.63, 3.8) is 0 Å². The number of hydrogen-bond donors (Lipinski definition) is 1. The Balaban J connectivity index is 2.48. The molecule has 1 aromatic rings. The van der Waals surface area contributed by atoms with Crippen molar-refractivity contribution < 1.29 is 5.11 Å². The Bertz CT molecular complexity index is 387. The third-order valence-electron chi connectivity index (χ3n) is 1.89. The van der Waals surface area contributed by atoms with Crippen molar-refractivity contribution in [3.8, 4) is 11.8 Å². The summed E-state index contributed by atoms with van der Waals surface area (Å²) in [6.07, 6.45) is 2.41. The molecular formula is C13H13BrO. The minimum absolute atomic E-state index is 0.443. The Kier molecular flexibility index (Phi) is 5.17. The van der Waals surface area contributed by atoms with Crippen LogP contribution in [0.2, 0.25) is 0 Å². The third-order valence-corrected chi connectivity index (χ3v) is 2.39. The molecule has 0 heterocycles. The zero-order valence-electron chi connectivity index (χ0n) is 8.41. The molecule has 1 unspecified atom stereocenters. The van der Waals surface area contributed by atoms with Crippen LogP contribution < -0.4 is 0 Å². The molecule has 1 nitrogen and oxygen atoms in total. The largest absolute Gasteiger partial charge is 0.389 e. The van der Waals surface area contributed by atoms with Crippen LogP contribution in [0.15, 0.2) is 41.4 Å². The van der Waals surface area contributed by atoms with Crippen LogP contribution in [0.3, 0.4) is 0 Å². The fraction of sp³-hybridized carbons (Fsp3) is 0.231. The summed E-state index contributed by atoms with van der Waals surface area (Å²) in [6, 6.07) is 7.85. The molecule has 0 fully saturated rings. The summed E-state index contributed by atoms with van der Waals surface area (Å²) in [6.45, 7) is 3.50. The third kappa shape index (κ3) is 4.83. The number of benzene rings is 1. The van der Waals surface area contributed by atoms with Gasteiger partial charge in [-0.25, -0.2) is 0 Å². The van der Waals surface area contributed by atoms with Gasteiger partial charge in [-0.1, -0.05) is 39.9 Å². The average molecular weight is 265 g/mol. The molecule has 15 heavy (non-hydrogen) atoms. The second-order valence-corrected chi connectivity index (χ2v) is 4.07. The van der Waals surface area contributed by atoms with Crippen LogP contribution in [0.1, 0.15) is 18.4 Å². The molecule has 1 aromatic carbocycles. The van der Waals surface area contributed by atoms with E-state index in [9.17, 15) is 5.11 Å². The summed E-state index contributed by atoms with van der Waals surface area (Å²) in [4.78, 5) is 0. The Labute approximate surface area is 99.0 Å². The number of hydrogen-bond acceptors (Lipinski definition) is 1. The van der Waals surface area contributed by atoms with Crippen molar-refractivity contribution in [2.75, 3.05) is 0 Å². The lowest BCUT2D eigenvalue weighted by Gasteiger charge is -1.98. The first-order chi connectivity index (χ1) is 7.22. The summed E-state index contributed by atoms with van der Waals surface area (Å²) in [5, 5.41) is 9.21. The summed E-state index contributed by atoms with van der Waals surface area (Å²) in [5.41, 5.74) is 0.984. The van der Waals surface area contributed by atoms with Crippen LogP contribution in [0.25, 0.3) is 0 Å². The molecule has 1 N–H and O–H groups in total. The van der Waals surface area contributed by atoms with Gasteiger partial charge in [-0.15, -0.1) is 6.58 Å². The van der Waals surface area contributed by atoms with E-state index in [2.05, 4.69) is 34.3 Å². The molecule has 1 atom stereocenters. The van der Waals surface area contributed by atoms with Gasteiger partial charge < -0.3 is 5.11 Å². The van der Waals surface area contributed by atoms with E-state index >= 15 is 0 Å². The van der Waals surface area contributed by atoms with Crippen molar-refractivity contribution in [2.24, 2.45) is 0 Å². The minimum atomic E-state index is -0.443. The highest BCUT2D eigenvalue weighted by Crippen LogP contribution is 2.10. The van der Waals surface area contributed by atoms with Crippen LogP contribution in [0, 0.1) is 11.8 Å². The second kappa shape index (κ2) is 6.44. The Morgan fingerprint density at radius 3 is 3.00 bits per heavy atom. The first-order valence-electron chi connectivity index (χ1n) is 4.77. The van der Waals surface area contributed by atoms with Crippen LogP contribution >= 0.6 is 15.9 Å². The molecule has 78 valence electrons. The summed E-state index contributed by atoms with van der Waals surface area (Å²) in [5.74, 6) is 6.06. The smallest absolute Gasteiger partial charge is 0.0727 e. The van der Waals surface area contributed by atoms with E-state index in [1.54, 1.807) is 0 Å². The highest BCUT2D eigenvalue weighted by Gasteiger charge is 1.94. The van der Waals surface area contributed by atoms with Crippen molar-refractivity contribution in [3.05, 3.63) is 47.0 Å². The lowest BCUT2D eigenvalue weighted by atomic mass is 10.2. The van der Waals surface area contributed by atoms with Gasteiger partial charge in [0.2, 0.25) is 0 Å². The maximum absolute atomic E-state index is 9.21. The Morgan fingerprint density at radius 1 is 1.53 bits per heavy atom. The van der Waals surface area contributed by atoms with Crippen molar-refractivity contribution in [2.45, 2.75) is 18.9 Å². The van der Waals surface area contributed by atoms with E-state index in [0.717, 1.165) is 10.0 Å². The molecule has 0 saturated carbocycles. The monoisotopic (exact) mass is 264 g/mol. The van der Waals surface area contributed by atoms with Gasteiger partial charge in [0.1, 0.15) is 0 Å². The lowest BCUT2D eigenvalue weighted by Crippen LogP contribution is -1.99. The van der Waals surface area contributed by atoms with E-state index in [4.69, 9.17) is 0 Å². The van der Waals surface area contributed by atoms with Crippen LogP contribution in [-0.4, -0.2) is 11.2 Å². The van der Waals surface area contributed by atoms with E-state index in [0.29, 0.717) is 12.8 Å². The molecule has 0 bridgehead atoms. The van der Waals surface area contributed by atoms with Crippen molar-refractivity contribution in [1.82, 2.24) is 0 Å². The van der Waals surface area contributed by atoms with Gasteiger partial charge in [0.25, 0.3) is 0 Å². The number of halogens is 1. The molecule has 0 aliphatic heterocycles. The molecule has 2 heteroatoms. The first-order valence-corrected chi connectivity index (χ1v) is 5.56. The zero-order valence-corrected chi connectivity index (χ0v) is 10.00. The van der Waals surface area contributed by atoms with Gasteiger partial charge in [0, 0.05) is 16.5 Å². The van der Waals surface area contributed by atoms with Crippen molar-refractivity contribution >= 4 is 15.9 Å². The zero-order chi connectivity index (χ0) is 11.1. The maximum Gasteiger partial charge on any atom is 0.0727 e. The molecule has 0 amide bonds. The fourth-order valence-electron chi connectivity index (χ4n) is 1.07. The SMILES string of the molecule is C=CC(O)CCC#Cc1cccc(Br)c1. The van der Waals surface area contributed by atoms with Gasteiger partial charge in [-0.05, 0) is 24.6 Å². The standard InChI is InChI=1S/C13H13BrO/c1-2-13(15)9-4-3-6-11-7-5-8-12(14)10-11/h2,5,7-8,10,13,15H,1,4,9H2. The predicted molar refractivity (Wildman–Crippen MR) is 66.5 cm³/mol. The number of rotatable bonds is 3. The number of aliphatic hydroxyl groups excluding tert-OH is 1. The quantitative estimate of drug-likeness (QED) is 0.657. The molecule has 0 spiro atoms. The highest BCUT2D eigenvalue weighted by molar-refractivity contribution is 9.10. The summed E-state index contributed by atoms with van der Waals surface area (Å²) >= 11 is 3.38. The van der Waals surface area contributed by atoms with Gasteiger partial charge in [-0.3, -0.25) is 0 Å². The van der Waals surface area contributed by atoms with E-state index < -0.39 is 6.10 Å². The van der Waals surface area contributed by atoms with E-state index in [-0.39, 0.29) is 0 Å². The average Bonchev–Trinajstić information content (AvgIpc) is 2.24. The van der Waals surface area contributed by atoms with E-state index in [1.807, 2.05) is 24.3 Å². The van der Waals surface area contributed by atoms with Crippen LogP contribution in [0.5, 0.6) is 0 Å². The van der Waals surface area contributed by atoms with Crippen LogP contribution in [0.4, 0.5) is 0 Å². The van der Waals surface area contributed by atoms with Crippen LogP contribution in [-0.2, 0) is 0 Å². The van der Waals surface area contributed by atoms with E-state index in [1.165, 1.54) is 6.08 Å². The minimum Gasteiger partial charge on any atom is -0.389 e. The molecule has 0 aliphatic carbocycles. The molecule has 0 radical (unpaired) electrons. The van der Waals surface area contributed by atoms with Gasteiger partial charge in [0.15, 0.2) is 0 Å². The van der Waals surface area contributed by atoms with Crippen molar-refractivity contribution in [1.29, 1.82) is 0 Å². The maximum atomic E-state index is 9.21. The van der Waals surface area contributed by atoms with Gasteiger partial charge in [-0.2, -0.15) is 0 Å². The fourth-order valence-corrected chi connectivity index (χ4v) is 1.47. The first kappa shape index (κ1) is 12.0. The predicted octanol–water partition coefficient (Wildman–Crippen LogP) is 3.13. The second-order valence-electron chi connectivity index (χ2n) is 3.15. The molecule has 0 aliphatic rings. The molecule has 1 rings (SSSR count). The topological polar surface area (TPSA) is 20.2 Å². The normalized spacial score (nSPS) is 11.3. The highest BCUT2D eigenvalue weighted by atomic mass is 79.9. The summed E-state index contributed by atoms with van der Waals surface area (Å²) in [7, 11) is 0. The molecular weight excluding hydrogens is 252 g/mol. The van der Waals surface area contributed by atoms with Gasteiger partial charge in [0.05, 0.1) is 6.10 Å². The van der Waals surface area contributed by atoms with Gasteiger partial charge >= 0.3 is 0 Å².